The topological polar surface area (TPSA) is 81.4 Å². The number of methoxy groups -OCH3 is 1. The average molecular weight is 268 g/mol. The number of hydrogen-bond acceptors (Lipinski definition) is 4. The molecule has 0 spiro atoms. The number of halogens is 1. The average Bonchev–Trinajstić information content (AvgIpc) is 2.38. The van der Waals surface area contributed by atoms with Gasteiger partial charge in [-0.25, -0.2) is 9.18 Å². The molecule has 0 saturated heterocycles. The first-order chi connectivity index (χ1) is 8.86. The summed E-state index contributed by atoms with van der Waals surface area (Å²) in [4.78, 5) is 23.3. The lowest BCUT2D eigenvalue weighted by molar-refractivity contribution is -0.118. The van der Waals surface area contributed by atoms with Crippen molar-refractivity contribution in [1.82, 2.24) is 0 Å². The molecule has 1 aromatic rings. The molecule has 0 heterocycles. The van der Waals surface area contributed by atoms with Gasteiger partial charge in [0.2, 0.25) is 5.91 Å². The highest BCUT2D eigenvalue weighted by molar-refractivity contribution is 6.02. The van der Waals surface area contributed by atoms with Crippen molar-refractivity contribution in [3.8, 4) is 0 Å². The molecule has 19 heavy (non-hydrogen) atoms. The number of esters is 1. The molecular weight excluding hydrogens is 251 g/mol. The number of nitrogens with two attached hydrogens (primary N) is 1. The number of amides is 1. The highest BCUT2D eigenvalue weighted by Gasteiger charge is 2.20. The van der Waals surface area contributed by atoms with E-state index in [-0.39, 0.29) is 17.2 Å². The number of anilines is 1. The van der Waals surface area contributed by atoms with Gasteiger partial charge in [0.05, 0.1) is 24.4 Å². The molecule has 0 radical (unpaired) electrons. The Morgan fingerprint density at radius 2 is 2.00 bits per heavy atom. The van der Waals surface area contributed by atoms with Gasteiger partial charge in [-0.1, -0.05) is 13.8 Å². The largest absolute Gasteiger partial charge is 0.465 e. The molecule has 1 amide bonds. The first kappa shape index (κ1) is 15.1. The van der Waals surface area contributed by atoms with E-state index >= 15 is 0 Å². The smallest absolute Gasteiger partial charge is 0.340 e. The van der Waals surface area contributed by atoms with E-state index in [2.05, 4.69) is 10.1 Å². The van der Waals surface area contributed by atoms with E-state index in [0.29, 0.717) is 0 Å². The molecule has 1 aromatic carbocycles. The summed E-state index contributed by atoms with van der Waals surface area (Å²) in [6.07, 6.45) is 0. The van der Waals surface area contributed by atoms with Crippen LogP contribution >= 0.6 is 0 Å². The molecular formula is C13H17FN2O3. The van der Waals surface area contributed by atoms with E-state index < -0.39 is 23.7 Å². The van der Waals surface area contributed by atoms with Gasteiger partial charge in [0, 0.05) is 0 Å². The summed E-state index contributed by atoms with van der Waals surface area (Å²) in [5.74, 6) is -1.81. The van der Waals surface area contributed by atoms with Crippen LogP contribution in [-0.2, 0) is 9.53 Å². The van der Waals surface area contributed by atoms with Crippen LogP contribution in [0.25, 0.3) is 0 Å². The lowest BCUT2D eigenvalue weighted by Gasteiger charge is -2.16. The summed E-state index contributed by atoms with van der Waals surface area (Å²) in [5, 5.41) is 2.50. The van der Waals surface area contributed by atoms with Gasteiger partial charge in [0.15, 0.2) is 0 Å². The fourth-order valence-electron chi connectivity index (χ4n) is 1.42. The van der Waals surface area contributed by atoms with E-state index in [9.17, 15) is 14.0 Å². The van der Waals surface area contributed by atoms with Gasteiger partial charge in [-0.3, -0.25) is 4.79 Å². The summed E-state index contributed by atoms with van der Waals surface area (Å²) >= 11 is 0. The van der Waals surface area contributed by atoms with Crippen LogP contribution in [0.3, 0.4) is 0 Å². The van der Waals surface area contributed by atoms with E-state index in [1.165, 1.54) is 13.2 Å². The Labute approximate surface area is 110 Å². The number of carbonyl (C=O) groups is 2. The van der Waals surface area contributed by atoms with Gasteiger partial charge in [-0.2, -0.15) is 0 Å². The molecule has 1 atom stereocenters. The van der Waals surface area contributed by atoms with E-state index in [1.54, 1.807) is 13.8 Å². The second-order valence-electron chi connectivity index (χ2n) is 4.44. The lowest BCUT2D eigenvalue weighted by atomic mass is 10.0. The fraction of sp³-hybridized carbons (Fsp3) is 0.385. The molecule has 0 bridgehead atoms. The van der Waals surface area contributed by atoms with Crippen LogP contribution in [0.15, 0.2) is 18.2 Å². The number of nitrogens with one attached hydrogen (secondary N) is 1. The molecule has 6 heteroatoms. The van der Waals surface area contributed by atoms with Crippen LogP contribution in [0, 0.1) is 11.7 Å². The van der Waals surface area contributed by atoms with Gasteiger partial charge in [-0.05, 0) is 24.1 Å². The molecule has 3 N–H and O–H groups in total. The van der Waals surface area contributed by atoms with E-state index in [0.717, 1.165) is 12.1 Å². The maximum absolute atomic E-state index is 13.1. The van der Waals surface area contributed by atoms with Gasteiger partial charge >= 0.3 is 5.97 Å². The monoisotopic (exact) mass is 268 g/mol. The zero-order valence-electron chi connectivity index (χ0n) is 11.1. The first-order valence-electron chi connectivity index (χ1n) is 5.81. The Kier molecular flexibility index (Phi) is 5.00. The Morgan fingerprint density at radius 3 is 2.53 bits per heavy atom. The summed E-state index contributed by atoms with van der Waals surface area (Å²) in [7, 11) is 1.18. The van der Waals surface area contributed by atoms with Crippen molar-refractivity contribution in [3.63, 3.8) is 0 Å². The number of hydrogen-bond donors (Lipinski definition) is 2. The molecule has 1 unspecified atom stereocenters. The molecule has 0 aromatic heterocycles. The van der Waals surface area contributed by atoms with Gasteiger partial charge in [0.25, 0.3) is 0 Å². The Balaban J connectivity index is 3.01. The summed E-state index contributed by atoms with van der Waals surface area (Å²) in [6, 6.07) is 2.73. The lowest BCUT2D eigenvalue weighted by Crippen LogP contribution is -2.40. The third-order valence-electron chi connectivity index (χ3n) is 2.67. The predicted molar refractivity (Wildman–Crippen MR) is 69.2 cm³/mol. The van der Waals surface area contributed by atoms with Crippen LogP contribution in [0.2, 0.25) is 0 Å². The fourth-order valence-corrected chi connectivity index (χ4v) is 1.42. The van der Waals surface area contributed by atoms with Gasteiger partial charge < -0.3 is 15.8 Å². The quantitative estimate of drug-likeness (QED) is 0.811. The molecule has 0 aliphatic rings. The minimum atomic E-state index is -0.729. The van der Waals surface area contributed by atoms with Crippen LogP contribution < -0.4 is 11.1 Å². The standard InChI is InChI=1S/C13H17FN2O3/c1-7(2)11(15)12(17)16-10-5-4-8(14)6-9(10)13(18)19-3/h4-7,11H,15H2,1-3H3,(H,16,17). The molecule has 0 aliphatic heterocycles. The van der Waals surface area contributed by atoms with Gasteiger partial charge in [0.1, 0.15) is 5.82 Å². The third-order valence-corrected chi connectivity index (χ3v) is 2.67. The van der Waals surface area contributed by atoms with Crippen LogP contribution in [0.1, 0.15) is 24.2 Å². The number of ether oxygens (including phenoxy) is 1. The highest BCUT2D eigenvalue weighted by atomic mass is 19.1. The summed E-state index contributed by atoms with van der Waals surface area (Å²) in [6.45, 7) is 3.60. The summed E-state index contributed by atoms with van der Waals surface area (Å²) in [5.41, 5.74) is 5.82. The van der Waals surface area contributed by atoms with Crippen molar-refractivity contribution in [2.45, 2.75) is 19.9 Å². The van der Waals surface area contributed by atoms with Crippen molar-refractivity contribution in [1.29, 1.82) is 0 Å². The Hall–Kier alpha value is -1.95. The van der Waals surface area contributed by atoms with E-state index in [1.807, 2.05) is 0 Å². The van der Waals surface area contributed by atoms with Crippen LogP contribution in [-0.4, -0.2) is 25.0 Å². The van der Waals surface area contributed by atoms with Crippen molar-refractivity contribution in [2.75, 3.05) is 12.4 Å². The highest BCUT2D eigenvalue weighted by Crippen LogP contribution is 2.18. The zero-order valence-corrected chi connectivity index (χ0v) is 11.1. The van der Waals surface area contributed by atoms with Crippen molar-refractivity contribution < 1.29 is 18.7 Å². The molecule has 104 valence electrons. The van der Waals surface area contributed by atoms with Crippen molar-refractivity contribution >= 4 is 17.6 Å². The first-order valence-corrected chi connectivity index (χ1v) is 5.81. The van der Waals surface area contributed by atoms with Crippen molar-refractivity contribution in [3.05, 3.63) is 29.6 Å². The zero-order chi connectivity index (χ0) is 14.6. The second-order valence-corrected chi connectivity index (χ2v) is 4.44. The number of carbonyl (C=O) groups excluding carboxylic acids is 2. The predicted octanol–water partition coefficient (Wildman–Crippen LogP) is 1.53. The minimum absolute atomic E-state index is 0.0493. The molecule has 5 nitrogen and oxygen atoms in total. The minimum Gasteiger partial charge on any atom is -0.465 e. The second kappa shape index (κ2) is 6.29. The number of rotatable bonds is 4. The Bertz CT molecular complexity index is 489. The molecule has 1 rings (SSSR count). The number of benzene rings is 1. The maximum atomic E-state index is 13.1. The molecule has 0 aliphatic carbocycles. The molecule has 0 saturated carbocycles. The summed E-state index contributed by atoms with van der Waals surface area (Å²) < 4.78 is 17.7. The van der Waals surface area contributed by atoms with Crippen LogP contribution in [0.4, 0.5) is 10.1 Å². The van der Waals surface area contributed by atoms with Gasteiger partial charge in [-0.15, -0.1) is 0 Å². The SMILES string of the molecule is COC(=O)c1cc(F)ccc1NC(=O)C(N)C(C)C. The third kappa shape index (κ3) is 3.75. The van der Waals surface area contributed by atoms with E-state index in [4.69, 9.17) is 5.73 Å². The van der Waals surface area contributed by atoms with Crippen LogP contribution in [0.5, 0.6) is 0 Å². The normalized spacial score (nSPS) is 12.1. The van der Waals surface area contributed by atoms with Crippen molar-refractivity contribution in [2.24, 2.45) is 11.7 Å². The maximum Gasteiger partial charge on any atom is 0.340 e. The Morgan fingerprint density at radius 1 is 1.37 bits per heavy atom. The molecule has 0 fully saturated rings.